The van der Waals surface area contributed by atoms with Crippen molar-refractivity contribution in [2.75, 3.05) is 28.3 Å². The van der Waals surface area contributed by atoms with E-state index in [9.17, 15) is 9.90 Å². The molecule has 1 aromatic heterocycles. The van der Waals surface area contributed by atoms with Gasteiger partial charge in [0.05, 0.1) is 19.9 Å². The van der Waals surface area contributed by atoms with Crippen LogP contribution in [-0.2, 0) is 11.3 Å². The van der Waals surface area contributed by atoms with Crippen LogP contribution in [0.1, 0.15) is 30.0 Å². The molecular formula is C23H28N2O5. The van der Waals surface area contributed by atoms with Crippen molar-refractivity contribution in [1.29, 1.82) is 0 Å². The van der Waals surface area contributed by atoms with Gasteiger partial charge in [0.15, 0.2) is 11.4 Å². The summed E-state index contributed by atoms with van der Waals surface area (Å²) in [5, 5.41) is 11.8. The first-order valence-electron chi connectivity index (χ1n) is 9.63. The normalized spacial score (nSPS) is 10.4. The van der Waals surface area contributed by atoms with Crippen molar-refractivity contribution in [2.24, 2.45) is 0 Å². The summed E-state index contributed by atoms with van der Waals surface area (Å²) in [4.78, 5) is 18.3. The minimum absolute atomic E-state index is 0.117. The van der Waals surface area contributed by atoms with E-state index in [-0.39, 0.29) is 11.4 Å². The van der Waals surface area contributed by atoms with E-state index < -0.39 is 5.97 Å². The molecule has 0 radical (unpaired) electrons. The number of carbonyl (C=O) groups excluding carboxylic acids is 1. The van der Waals surface area contributed by atoms with Crippen LogP contribution in [-0.4, -0.2) is 49.3 Å². The van der Waals surface area contributed by atoms with E-state index in [0.717, 1.165) is 11.1 Å². The van der Waals surface area contributed by atoms with Crippen LogP contribution in [0.25, 0.3) is 10.8 Å². The highest BCUT2D eigenvalue weighted by molar-refractivity contribution is 6.00. The second kappa shape index (κ2) is 10.5. The lowest BCUT2D eigenvalue weighted by molar-refractivity contribution is 0.0590. The Hall–Kier alpha value is -3.32. The molecule has 160 valence electrons. The second-order valence-electron chi connectivity index (χ2n) is 6.47. The van der Waals surface area contributed by atoms with Gasteiger partial charge in [-0.15, -0.1) is 0 Å². The van der Waals surface area contributed by atoms with Gasteiger partial charge in [0.1, 0.15) is 17.2 Å². The van der Waals surface area contributed by atoms with E-state index in [1.807, 2.05) is 38.9 Å². The molecule has 1 heterocycles. The van der Waals surface area contributed by atoms with Gasteiger partial charge in [0, 0.05) is 17.3 Å². The Balaban J connectivity index is 0.00000155. The average Bonchev–Trinajstić information content (AvgIpc) is 2.77. The van der Waals surface area contributed by atoms with Crippen LogP contribution in [0.15, 0.2) is 42.5 Å². The van der Waals surface area contributed by atoms with Crippen LogP contribution in [0.3, 0.4) is 0 Å². The van der Waals surface area contributed by atoms with Crippen LogP contribution in [0.2, 0.25) is 0 Å². The molecule has 30 heavy (non-hydrogen) atoms. The minimum atomic E-state index is -0.694. The maximum absolute atomic E-state index is 12.1. The maximum Gasteiger partial charge on any atom is 0.360 e. The van der Waals surface area contributed by atoms with Crippen molar-refractivity contribution in [3.8, 4) is 23.0 Å². The maximum atomic E-state index is 12.1. The molecule has 1 N–H and O–H groups in total. The van der Waals surface area contributed by atoms with Gasteiger partial charge in [0.25, 0.3) is 0 Å². The highest BCUT2D eigenvalue weighted by Gasteiger charge is 2.20. The number of benzene rings is 2. The topological polar surface area (TPSA) is 81.1 Å². The van der Waals surface area contributed by atoms with Gasteiger partial charge < -0.3 is 24.2 Å². The van der Waals surface area contributed by atoms with E-state index in [1.165, 1.54) is 7.11 Å². The van der Waals surface area contributed by atoms with Crippen molar-refractivity contribution in [3.63, 3.8) is 0 Å². The van der Waals surface area contributed by atoms with Gasteiger partial charge in [-0.2, -0.15) is 0 Å². The van der Waals surface area contributed by atoms with E-state index in [2.05, 4.69) is 4.98 Å². The molecule has 0 atom stereocenters. The number of esters is 1. The molecule has 7 heteroatoms. The lowest BCUT2D eigenvalue weighted by atomic mass is 10.1. The molecule has 0 unspecified atom stereocenters. The lowest BCUT2D eigenvalue weighted by Crippen LogP contribution is -2.15. The summed E-state index contributed by atoms with van der Waals surface area (Å²) < 4.78 is 15.8. The fourth-order valence-electron chi connectivity index (χ4n) is 2.85. The number of methoxy groups -OCH3 is 2. The van der Waals surface area contributed by atoms with Crippen molar-refractivity contribution in [2.45, 2.75) is 20.4 Å². The number of aromatic nitrogens is 1. The fraction of sp³-hybridized carbons (Fsp3) is 0.304. The summed E-state index contributed by atoms with van der Waals surface area (Å²) in [6.45, 7) is 4.50. The molecule has 0 saturated heterocycles. The molecule has 0 saturated carbocycles. The SMILES string of the molecule is CC.COC(=O)c1nc(CN(C)C)c2ccc(Oc3ccc(OC)cc3)cc2c1O. The van der Waals surface area contributed by atoms with Crippen LogP contribution in [0.4, 0.5) is 0 Å². The van der Waals surface area contributed by atoms with Crippen molar-refractivity contribution >= 4 is 16.7 Å². The Morgan fingerprint density at radius 2 is 1.57 bits per heavy atom. The largest absolute Gasteiger partial charge is 0.505 e. The highest BCUT2D eigenvalue weighted by Crippen LogP contribution is 2.35. The number of rotatable bonds is 6. The zero-order valence-electron chi connectivity index (χ0n) is 18.2. The molecule has 7 nitrogen and oxygen atoms in total. The third-order valence-corrected chi connectivity index (χ3v) is 4.17. The Kier molecular flexibility index (Phi) is 8.00. The standard InChI is InChI=1S/C21H22N2O5.C2H6/c1-23(2)12-18-16-10-9-15(28-14-7-5-13(26-3)6-8-14)11-17(16)20(24)19(22-18)21(25)27-4;1-2/h5-11,24H,12H2,1-4H3;1-2H3. The van der Waals surface area contributed by atoms with Gasteiger partial charge in [-0.1, -0.05) is 13.8 Å². The number of nitrogens with zero attached hydrogens (tertiary/aromatic N) is 2. The highest BCUT2D eigenvalue weighted by atomic mass is 16.5. The number of ether oxygens (including phenoxy) is 3. The number of hydrogen-bond acceptors (Lipinski definition) is 7. The average molecular weight is 412 g/mol. The summed E-state index contributed by atoms with van der Waals surface area (Å²) in [6, 6.07) is 12.5. The molecule has 3 rings (SSSR count). The Morgan fingerprint density at radius 3 is 2.13 bits per heavy atom. The first-order valence-corrected chi connectivity index (χ1v) is 9.63. The van der Waals surface area contributed by atoms with Gasteiger partial charge in [-0.25, -0.2) is 9.78 Å². The number of carbonyl (C=O) groups is 1. The van der Waals surface area contributed by atoms with Crippen LogP contribution < -0.4 is 9.47 Å². The molecule has 3 aromatic rings. The third kappa shape index (κ3) is 5.18. The van der Waals surface area contributed by atoms with E-state index >= 15 is 0 Å². The molecule has 0 aliphatic heterocycles. The van der Waals surface area contributed by atoms with E-state index in [0.29, 0.717) is 29.1 Å². The van der Waals surface area contributed by atoms with Crippen molar-refractivity contribution < 1.29 is 24.1 Å². The van der Waals surface area contributed by atoms with E-state index in [4.69, 9.17) is 14.2 Å². The summed E-state index contributed by atoms with van der Waals surface area (Å²) in [5.74, 6) is 0.942. The molecule has 0 aliphatic rings. The smallest absolute Gasteiger partial charge is 0.360 e. The first-order chi connectivity index (χ1) is 14.4. The molecule has 0 bridgehead atoms. The third-order valence-electron chi connectivity index (χ3n) is 4.17. The quantitative estimate of drug-likeness (QED) is 0.592. The van der Waals surface area contributed by atoms with Crippen molar-refractivity contribution in [1.82, 2.24) is 9.88 Å². The number of fused-ring (bicyclic) bond motifs is 1. The Morgan fingerprint density at radius 1 is 0.967 bits per heavy atom. The summed E-state index contributed by atoms with van der Waals surface area (Å²) >= 11 is 0. The zero-order valence-corrected chi connectivity index (χ0v) is 18.2. The number of pyridine rings is 1. The second-order valence-corrected chi connectivity index (χ2v) is 6.47. The first kappa shape index (κ1) is 23.0. The predicted molar refractivity (Wildman–Crippen MR) is 117 cm³/mol. The molecule has 0 fully saturated rings. The minimum Gasteiger partial charge on any atom is -0.505 e. The Labute approximate surface area is 176 Å². The molecule has 0 amide bonds. The predicted octanol–water partition coefficient (Wildman–Crippen LogP) is 4.62. The Bertz CT molecular complexity index is 1000. The van der Waals surface area contributed by atoms with Gasteiger partial charge in [-0.3, -0.25) is 0 Å². The summed E-state index contributed by atoms with van der Waals surface area (Å²) in [6.07, 6.45) is 0. The number of aromatic hydroxyl groups is 1. The van der Waals surface area contributed by atoms with Crippen molar-refractivity contribution in [3.05, 3.63) is 53.9 Å². The molecule has 2 aromatic carbocycles. The summed E-state index contributed by atoms with van der Waals surface area (Å²) in [5.41, 5.74) is 0.544. The number of hydrogen-bond donors (Lipinski definition) is 1. The summed E-state index contributed by atoms with van der Waals surface area (Å²) in [7, 11) is 6.65. The van der Waals surface area contributed by atoms with Gasteiger partial charge in [0.2, 0.25) is 0 Å². The fourth-order valence-corrected chi connectivity index (χ4v) is 2.85. The zero-order chi connectivity index (χ0) is 22.3. The van der Waals surface area contributed by atoms with Gasteiger partial charge >= 0.3 is 5.97 Å². The molecule has 0 spiro atoms. The van der Waals surface area contributed by atoms with E-state index in [1.54, 1.807) is 43.5 Å². The van der Waals surface area contributed by atoms with Crippen LogP contribution in [0.5, 0.6) is 23.0 Å². The monoisotopic (exact) mass is 412 g/mol. The van der Waals surface area contributed by atoms with Gasteiger partial charge in [-0.05, 0) is 56.6 Å². The van der Waals surface area contributed by atoms with Crippen LogP contribution in [0, 0.1) is 0 Å². The lowest BCUT2D eigenvalue weighted by Gasteiger charge is -2.15. The molecular weight excluding hydrogens is 384 g/mol. The molecule has 0 aliphatic carbocycles. The van der Waals surface area contributed by atoms with Crippen LogP contribution >= 0.6 is 0 Å².